The van der Waals surface area contributed by atoms with E-state index in [9.17, 15) is 4.79 Å². The number of hydrogen-bond acceptors (Lipinski definition) is 9. The molecule has 0 saturated carbocycles. The lowest BCUT2D eigenvalue weighted by molar-refractivity contribution is 0.0599. The number of esters is 1. The highest BCUT2D eigenvalue weighted by Crippen LogP contribution is 2.42. The van der Waals surface area contributed by atoms with Gasteiger partial charge in [0.05, 0.1) is 40.2 Å². The van der Waals surface area contributed by atoms with Crippen LogP contribution in [0.2, 0.25) is 0 Å². The van der Waals surface area contributed by atoms with Gasteiger partial charge in [0.1, 0.15) is 28.5 Å². The van der Waals surface area contributed by atoms with Crippen LogP contribution in [0.3, 0.4) is 0 Å². The molecule has 4 aromatic heterocycles. The molecular weight excluding hydrogens is 464 g/mol. The van der Waals surface area contributed by atoms with E-state index >= 15 is 0 Å². The number of thiazole rings is 1. The number of carbonyl (C=O) groups is 1. The molecule has 0 unspecified atom stereocenters. The van der Waals surface area contributed by atoms with E-state index < -0.39 is 5.97 Å². The number of anilines is 2. The second-order valence-electron chi connectivity index (χ2n) is 7.69. The van der Waals surface area contributed by atoms with Gasteiger partial charge in [-0.3, -0.25) is 0 Å². The lowest BCUT2D eigenvalue weighted by atomic mass is 10.1. The quantitative estimate of drug-likeness (QED) is 0.320. The molecule has 172 valence electrons. The summed E-state index contributed by atoms with van der Waals surface area (Å²) in [5.74, 6) is 0.747. The van der Waals surface area contributed by atoms with Crippen molar-refractivity contribution in [2.24, 2.45) is 0 Å². The highest BCUT2D eigenvalue weighted by atomic mass is 32.1. The van der Waals surface area contributed by atoms with Gasteiger partial charge in [-0.15, -0.1) is 11.3 Å². The number of fused-ring (bicyclic) bond motifs is 2. The third kappa shape index (κ3) is 3.51. The number of methoxy groups -OCH3 is 1. The summed E-state index contributed by atoms with van der Waals surface area (Å²) in [7, 11) is 1.34. The summed E-state index contributed by atoms with van der Waals surface area (Å²) in [5, 5.41) is 9.08. The van der Waals surface area contributed by atoms with E-state index in [-0.39, 0.29) is 0 Å². The van der Waals surface area contributed by atoms with E-state index in [1.807, 2.05) is 54.6 Å². The summed E-state index contributed by atoms with van der Waals surface area (Å²) < 4.78 is 13.8. The summed E-state index contributed by atoms with van der Waals surface area (Å²) in [5.41, 5.74) is 3.19. The first-order valence-corrected chi connectivity index (χ1v) is 11.5. The van der Waals surface area contributed by atoms with Crippen LogP contribution in [0.4, 0.5) is 11.7 Å². The number of nitrogens with one attached hydrogen (secondary N) is 1. The summed E-state index contributed by atoms with van der Waals surface area (Å²) in [6.07, 6.45) is 3.15. The molecular formula is C25H18N6O3S. The fraction of sp³-hybridized carbons (Fsp3) is 0.0800. The molecule has 10 heteroatoms. The van der Waals surface area contributed by atoms with Crippen LogP contribution in [-0.2, 0) is 4.74 Å². The standard InChI is InChI=1S/C25H18N6O3S/c1-14-19(25(32)33-2)20(24-29-17-10-6-7-11-18(17)35-24)23(34-14)30-21-16-12-28-31(22(16)27-13-26-21)15-8-4-3-5-9-15/h3-13H,1-2H3,(H,26,27,30). The molecule has 35 heavy (non-hydrogen) atoms. The molecule has 4 heterocycles. The van der Waals surface area contributed by atoms with Crippen molar-refractivity contribution < 1.29 is 13.9 Å². The van der Waals surface area contributed by atoms with Gasteiger partial charge in [-0.1, -0.05) is 30.3 Å². The minimum atomic E-state index is -0.502. The first-order chi connectivity index (χ1) is 17.1. The van der Waals surface area contributed by atoms with E-state index in [0.29, 0.717) is 44.6 Å². The fourth-order valence-corrected chi connectivity index (χ4v) is 4.99. The van der Waals surface area contributed by atoms with Crippen LogP contribution in [0.25, 0.3) is 37.5 Å². The normalized spacial score (nSPS) is 11.3. The molecule has 1 N–H and O–H groups in total. The van der Waals surface area contributed by atoms with Gasteiger partial charge in [-0.25, -0.2) is 24.4 Å². The largest absolute Gasteiger partial charge is 0.465 e. The SMILES string of the molecule is COC(=O)c1c(C)oc(Nc2ncnc3c2cnn3-c2ccccc2)c1-c1nc2ccccc2s1. The van der Waals surface area contributed by atoms with Gasteiger partial charge in [0, 0.05) is 0 Å². The van der Waals surface area contributed by atoms with Gasteiger partial charge < -0.3 is 14.5 Å². The maximum atomic E-state index is 12.7. The summed E-state index contributed by atoms with van der Waals surface area (Å²) in [6.45, 7) is 1.72. The van der Waals surface area contributed by atoms with Gasteiger partial charge in [0.25, 0.3) is 0 Å². The molecule has 9 nitrogen and oxygen atoms in total. The molecule has 6 rings (SSSR count). The number of hydrogen-bond donors (Lipinski definition) is 1. The first-order valence-electron chi connectivity index (χ1n) is 10.7. The van der Waals surface area contributed by atoms with Gasteiger partial charge >= 0.3 is 5.97 Å². The zero-order valence-corrected chi connectivity index (χ0v) is 19.5. The van der Waals surface area contributed by atoms with Crippen molar-refractivity contribution in [1.82, 2.24) is 24.7 Å². The minimum Gasteiger partial charge on any atom is -0.465 e. The minimum absolute atomic E-state index is 0.319. The summed E-state index contributed by atoms with van der Waals surface area (Å²) in [4.78, 5) is 26.3. The van der Waals surface area contributed by atoms with Crippen LogP contribution in [0.1, 0.15) is 16.1 Å². The van der Waals surface area contributed by atoms with Crippen molar-refractivity contribution in [3.05, 3.63) is 78.4 Å². The maximum absolute atomic E-state index is 12.7. The Bertz CT molecular complexity index is 1670. The smallest absolute Gasteiger partial charge is 0.342 e. The van der Waals surface area contributed by atoms with Crippen molar-refractivity contribution >= 4 is 50.3 Å². The number of benzene rings is 2. The van der Waals surface area contributed by atoms with Gasteiger partial charge in [0.15, 0.2) is 5.65 Å². The van der Waals surface area contributed by atoms with Crippen LogP contribution >= 0.6 is 11.3 Å². The molecule has 0 aliphatic heterocycles. The van der Waals surface area contributed by atoms with Crippen molar-refractivity contribution in [2.45, 2.75) is 6.92 Å². The molecule has 0 saturated heterocycles. The average Bonchev–Trinajstić information content (AvgIpc) is 3.59. The van der Waals surface area contributed by atoms with E-state index in [1.165, 1.54) is 24.8 Å². The zero-order valence-electron chi connectivity index (χ0n) is 18.7. The van der Waals surface area contributed by atoms with Crippen molar-refractivity contribution in [2.75, 3.05) is 12.4 Å². The van der Waals surface area contributed by atoms with Crippen LogP contribution in [-0.4, -0.2) is 37.8 Å². The zero-order chi connectivity index (χ0) is 23.9. The Hall–Kier alpha value is -4.57. The van der Waals surface area contributed by atoms with Crippen molar-refractivity contribution in [3.63, 3.8) is 0 Å². The highest BCUT2D eigenvalue weighted by molar-refractivity contribution is 7.21. The molecule has 0 atom stereocenters. The van der Waals surface area contributed by atoms with Gasteiger partial charge in [-0.05, 0) is 31.2 Å². The van der Waals surface area contributed by atoms with E-state index in [4.69, 9.17) is 14.1 Å². The third-order valence-corrected chi connectivity index (χ3v) is 6.63. The number of aryl methyl sites for hydroxylation is 1. The number of ether oxygens (including phenoxy) is 1. The third-order valence-electron chi connectivity index (χ3n) is 5.58. The molecule has 2 aromatic carbocycles. The Labute approximate surface area is 203 Å². The molecule has 0 spiro atoms. The predicted octanol–water partition coefficient (Wildman–Crippen LogP) is 5.52. The maximum Gasteiger partial charge on any atom is 0.342 e. The van der Waals surface area contributed by atoms with Crippen LogP contribution in [0.15, 0.2) is 71.5 Å². The lowest BCUT2D eigenvalue weighted by Gasteiger charge is -2.07. The average molecular weight is 483 g/mol. The van der Waals surface area contributed by atoms with E-state index in [2.05, 4.69) is 20.4 Å². The second kappa shape index (κ2) is 8.33. The number of carbonyl (C=O) groups excluding carboxylic acids is 1. The Kier molecular flexibility index (Phi) is 5.00. The lowest BCUT2D eigenvalue weighted by Crippen LogP contribution is -2.04. The molecule has 0 radical (unpaired) electrons. The van der Waals surface area contributed by atoms with Gasteiger partial charge in [0.2, 0.25) is 5.88 Å². The summed E-state index contributed by atoms with van der Waals surface area (Å²) in [6, 6.07) is 17.5. The predicted molar refractivity (Wildman–Crippen MR) is 133 cm³/mol. The van der Waals surface area contributed by atoms with E-state index in [0.717, 1.165) is 15.9 Å². The van der Waals surface area contributed by atoms with Gasteiger partial charge in [-0.2, -0.15) is 5.10 Å². The Morgan fingerprint density at radius 2 is 1.89 bits per heavy atom. The Morgan fingerprint density at radius 1 is 1.09 bits per heavy atom. The molecule has 0 aliphatic rings. The molecule has 6 aromatic rings. The highest BCUT2D eigenvalue weighted by Gasteiger charge is 2.28. The van der Waals surface area contributed by atoms with Crippen molar-refractivity contribution in [1.29, 1.82) is 0 Å². The fourth-order valence-electron chi connectivity index (χ4n) is 3.97. The molecule has 0 aliphatic carbocycles. The first kappa shape index (κ1) is 21.0. The van der Waals surface area contributed by atoms with Crippen molar-refractivity contribution in [3.8, 4) is 16.3 Å². The number of aromatic nitrogens is 5. The van der Waals surface area contributed by atoms with Crippen LogP contribution in [0.5, 0.6) is 0 Å². The summed E-state index contributed by atoms with van der Waals surface area (Å²) >= 11 is 1.47. The molecule has 0 bridgehead atoms. The second-order valence-corrected chi connectivity index (χ2v) is 8.72. The molecule has 0 fully saturated rings. The Balaban J connectivity index is 1.50. The number of rotatable bonds is 5. The Morgan fingerprint density at radius 3 is 2.69 bits per heavy atom. The topological polar surface area (TPSA) is 108 Å². The number of nitrogens with zero attached hydrogens (tertiary/aromatic N) is 5. The van der Waals surface area contributed by atoms with E-state index in [1.54, 1.807) is 17.8 Å². The van der Waals surface area contributed by atoms with Crippen LogP contribution in [0, 0.1) is 6.92 Å². The molecule has 0 amide bonds. The number of furan rings is 1. The van der Waals surface area contributed by atoms with Crippen LogP contribution < -0.4 is 5.32 Å². The monoisotopic (exact) mass is 482 g/mol. The number of para-hydroxylation sites is 2.